The number of aromatic nitrogens is 6. The van der Waals surface area contributed by atoms with Crippen LogP contribution in [-0.2, 0) is 4.79 Å². The van der Waals surface area contributed by atoms with E-state index in [1.54, 1.807) is 6.92 Å². The van der Waals surface area contributed by atoms with Crippen LogP contribution in [0.5, 0.6) is 5.75 Å². The first-order valence-corrected chi connectivity index (χ1v) is 10.4. The predicted molar refractivity (Wildman–Crippen MR) is 135 cm³/mol. The van der Waals surface area contributed by atoms with Crippen molar-refractivity contribution < 1.29 is 33.5 Å². The Morgan fingerprint density at radius 1 is 1.24 bits per heavy atom. The second-order valence-corrected chi connectivity index (χ2v) is 7.46. The van der Waals surface area contributed by atoms with Crippen molar-refractivity contribution in [2.24, 2.45) is 0 Å². The number of Topliss-reactive ketones (excluding diaryl/α,β-unsaturated/α-hetero) is 1. The van der Waals surface area contributed by atoms with Gasteiger partial charge >= 0.3 is 0 Å². The zero-order chi connectivity index (χ0) is 38.4. The monoisotopic (exact) mass is 510 g/mol. The first-order valence-electron chi connectivity index (χ1n) is 17.4. The molecule has 1 saturated heterocycles. The second-order valence-electron chi connectivity index (χ2n) is 7.46. The van der Waals surface area contributed by atoms with Crippen molar-refractivity contribution in [3.63, 3.8) is 0 Å². The molecule has 0 atom stereocenters. The molecule has 1 aliphatic heterocycles. The molecule has 4 aromatic heterocycles. The minimum atomic E-state index is -3.96. The third kappa shape index (κ3) is 4.33. The van der Waals surface area contributed by atoms with Crippen LogP contribution >= 0.6 is 0 Å². The van der Waals surface area contributed by atoms with Crippen LogP contribution in [0.3, 0.4) is 0 Å². The van der Waals surface area contributed by atoms with Crippen LogP contribution in [0.2, 0.25) is 0 Å². The Morgan fingerprint density at radius 2 is 2.05 bits per heavy atom. The molecule has 11 heteroatoms. The summed E-state index contributed by atoms with van der Waals surface area (Å²) < 4.78 is 123. The Hall–Kier alpha value is -4.85. The number of hydrogen-bond acceptors (Lipinski definition) is 7. The molecular formula is C26H24N8O3. The molecule has 1 amide bonds. The maximum Gasteiger partial charge on any atom is 0.295 e. The first kappa shape index (κ1) is 12.4. The lowest BCUT2D eigenvalue weighted by atomic mass is 9.99. The molecule has 1 N–H and O–H groups in total. The topological polar surface area (TPSA) is 123 Å². The lowest BCUT2D eigenvalue weighted by Gasteiger charge is -2.28. The molecule has 186 valence electrons. The number of H-pyrrole nitrogens is 1. The lowest BCUT2D eigenvalue weighted by Crippen LogP contribution is -2.40. The van der Waals surface area contributed by atoms with Gasteiger partial charge in [-0.2, -0.15) is 5.10 Å². The van der Waals surface area contributed by atoms with Gasteiger partial charge in [0.1, 0.15) is 17.9 Å². The highest BCUT2D eigenvalue weighted by Gasteiger charge is 2.30. The van der Waals surface area contributed by atoms with E-state index in [1.807, 2.05) is 0 Å². The number of aromatic amines is 1. The van der Waals surface area contributed by atoms with Gasteiger partial charge in [-0.25, -0.2) is 19.5 Å². The number of carbonyl (C=O) groups is 2. The molecule has 5 rings (SSSR count). The standard InChI is InChI=1S/C26H24N8O3/c1-15-5-6-19(28-11-15)22(27-3)17-7-9-33(10-8-17)26(36)24(35)18-12-29-23-21(18)20(37-4)13-30-25(23)34-14-31-16(2)32-34/h5-6,11-14,29H,7-10H2,1-2,4H3/i4D3,5D,6D,7D2,8D2,9D2,10D2,11D. The zero-order valence-electron chi connectivity index (χ0n) is 33.1. The van der Waals surface area contributed by atoms with Crippen LogP contribution in [-0.4, -0.2) is 66.3 Å². The SMILES string of the molecule is [2H]c1nc(C([N+]#[C-])=C2C([2H])([2H])C([2H])([2H])N(C(=O)C(=O)c3c[nH]c4c(-n5cnc(C)n5)ncc(OC([2H])([2H])[2H])c34)C([2H])([2H])C2([2H])[2H])c([2H])c([2H])c1C. The van der Waals surface area contributed by atoms with Gasteiger partial charge in [-0.05, 0) is 38.2 Å². The number of fused-ring (bicyclic) bond motifs is 1. The van der Waals surface area contributed by atoms with Gasteiger partial charge in [0.25, 0.3) is 11.7 Å². The van der Waals surface area contributed by atoms with Crippen LogP contribution in [0.4, 0.5) is 0 Å². The van der Waals surface area contributed by atoms with Gasteiger partial charge in [-0.15, -0.1) is 0 Å². The van der Waals surface area contributed by atoms with Gasteiger partial charge in [0.15, 0.2) is 5.82 Å². The number of amides is 1. The van der Waals surface area contributed by atoms with Crippen molar-refractivity contribution in [2.45, 2.75) is 26.6 Å². The van der Waals surface area contributed by atoms with Crippen LogP contribution < -0.4 is 4.74 Å². The van der Waals surface area contributed by atoms with Gasteiger partial charge in [-0.3, -0.25) is 14.6 Å². The summed E-state index contributed by atoms with van der Waals surface area (Å²) in [4.78, 5) is 44.8. The molecule has 0 radical (unpaired) electrons. The molecule has 0 unspecified atom stereocenters. The van der Waals surface area contributed by atoms with Crippen molar-refractivity contribution in [3.8, 4) is 11.6 Å². The molecular weight excluding hydrogens is 472 g/mol. The number of piperidine rings is 1. The van der Waals surface area contributed by atoms with Crippen molar-refractivity contribution in [1.82, 2.24) is 34.6 Å². The quantitative estimate of drug-likeness (QED) is 0.248. The van der Waals surface area contributed by atoms with E-state index < -0.39 is 101 Å². The number of likely N-dealkylation sites (tertiary alicyclic amines) is 1. The number of methoxy groups -OCH3 is 1. The third-order valence-corrected chi connectivity index (χ3v) is 5.09. The summed E-state index contributed by atoms with van der Waals surface area (Å²) in [5, 5.41) is 3.69. The molecule has 0 spiro atoms. The second kappa shape index (κ2) is 9.66. The smallest absolute Gasteiger partial charge is 0.295 e. The maximum absolute atomic E-state index is 14.0. The molecule has 0 aromatic carbocycles. The Labute approximate surface area is 232 Å². The fourth-order valence-electron chi connectivity index (χ4n) is 3.39. The molecule has 5 heterocycles. The van der Waals surface area contributed by atoms with E-state index in [2.05, 4.69) is 29.9 Å². The molecule has 1 fully saturated rings. The third-order valence-electron chi connectivity index (χ3n) is 5.09. The summed E-state index contributed by atoms with van der Waals surface area (Å²) in [5.41, 5.74) is -4.62. The molecule has 1 aliphatic rings. The van der Waals surface area contributed by atoms with Gasteiger partial charge in [0.2, 0.25) is 5.70 Å². The average Bonchev–Trinajstić information content (AvgIpc) is 3.65. The Kier molecular flexibility index (Phi) is 3.24. The van der Waals surface area contributed by atoms with E-state index in [9.17, 15) is 9.59 Å². The van der Waals surface area contributed by atoms with Crippen molar-refractivity contribution >= 4 is 28.3 Å². The summed E-state index contributed by atoms with van der Waals surface area (Å²) in [5.74, 6) is -4.24. The molecule has 0 saturated carbocycles. The number of ketones is 1. The normalized spacial score (nSPS) is 24.8. The van der Waals surface area contributed by atoms with Crippen LogP contribution in [0.1, 0.15) is 59.4 Å². The number of nitrogens with one attached hydrogen (secondary N) is 1. The highest BCUT2D eigenvalue weighted by Crippen LogP contribution is 2.32. The number of hydrogen-bond donors (Lipinski definition) is 1. The average molecular weight is 511 g/mol. The summed E-state index contributed by atoms with van der Waals surface area (Å²) in [6, 6.07) is -1.48. The predicted octanol–water partition coefficient (Wildman–Crippen LogP) is 3.30. The highest BCUT2D eigenvalue weighted by atomic mass is 16.5. The van der Waals surface area contributed by atoms with E-state index >= 15 is 0 Å². The van der Waals surface area contributed by atoms with E-state index in [0.29, 0.717) is 0 Å². The summed E-state index contributed by atoms with van der Waals surface area (Å²) in [6.07, 6.45) is -5.32. The Bertz CT molecular complexity index is 2190. The number of nitrogens with zero attached hydrogens (tertiary/aromatic N) is 7. The largest absolute Gasteiger partial charge is 0.494 e. The number of carbonyl (C=O) groups excluding carboxylic acids is 2. The van der Waals surface area contributed by atoms with Crippen molar-refractivity contribution in [1.29, 1.82) is 0 Å². The Morgan fingerprint density at radius 3 is 2.76 bits per heavy atom. The van der Waals surface area contributed by atoms with E-state index in [4.69, 9.17) is 30.5 Å². The lowest BCUT2D eigenvalue weighted by molar-refractivity contribution is -0.126. The Balaban J connectivity index is 1.72. The number of rotatable bonds is 5. The summed E-state index contributed by atoms with van der Waals surface area (Å²) in [7, 11) is -3.12. The molecule has 37 heavy (non-hydrogen) atoms. The highest BCUT2D eigenvalue weighted by molar-refractivity contribution is 6.45. The van der Waals surface area contributed by atoms with E-state index in [1.165, 1.54) is 13.3 Å². The van der Waals surface area contributed by atoms with Gasteiger partial charge in [-0.1, -0.05) is 11.6 Å². The number of pyridine rings is 2. The van der Waals surface area contributed by atoms with Gasteiger partial charge in [0, 0.05) is 36.3 Å². The molecule has 0 bridgehead atoms. The van der Waals surface area contributed by atoms with E-state index in [0.717, 1.165) is 17.1 Å². The fourth-order valence-corrected chi connectivity index (χ4v) is 3.39. The minimum absolute atomic E-state index is 0.0714. The zero-order valence-corrected chi connectivity index (χ0v) is 19.1. The summed E-state index contributed by atoms with van der Waals surface area (Å²) in [6.45, 7) is 2.60. The maximum atomic E-state index is 14.0. The number of ether oxygens (including phenoxy) is 1. The van der Waals surface area contributed by atoms with E-state index in [-0.39, 0.29) is 22.7 Å². The number of aryl methyl sites for hydroxylation is 1. The van der Waals surface area contributed by atoms with Gasteiger partial charge in [0.05, 0.1) is 50.2 Å². The van der Waals surface area contributed by atoms with Crippen molar-refractivity contribution in [2.75, 3.05) is 20.0 Å². The van der Waals surface area contributed by atoms with Crippen molar-refractivity contribution in [3.05, 3.63) is 76.6 Å². The molecule has 0 aliphatic carbocycles. The van der Waals surface area contributed by atoms with Gasteiger partial charge < -0.3 is 14.6 Å². The minimum Gasteiger partial charge on any atom is -0.494 e. The fraction of sp³-hybridized carbons (Fsp3) is 0.269. The first-order chi connectivity index (χ1) is 23.3. The summed E-state index contributed by atoms with van der Waals surface area (Å²) >= 11 is 0. The van der Waals surface area contributed by atoms with Crippen LogP contribution in [0, 0.1) is 20.4 Å². The molecule has 11 nitrogen and oxygen atoms in total. The van der Waals surface area contributed by atoms with Crippen LogP contribution in [0.15, 0.2) is 42.6 Å². The van der Waals surface area contributed by atoms with Crippen LogP contribution in [0.25, 0.3) is 27.3 Å². The molecule has 4 aromatic rings.